The third-order valence-corrected chi connectivity index (χ3v) is 13.3. The molecule has 0 bridgehead atoms. The van der Waals surface area contributed by atoms with Crippen LogP contribution in [0.5, 0.6) is 0 Å². The number of rotatable bonds is 5. The fourth-order valence-electron chi connectivity index (χ4n) is 5.43. The standard InChI is InChI=1S/C25H17FNS.C15H18GeN.Ir/c1-16-8-10-17(11-9-16)14-18-12-13-27-22(15-18)19-4-2-5-20-24-21(26)6-3-7-23(24)28-25(19)20;1-12-10-15(13-8-6-5-7-9-13)17-11-14(12)16(2,3)4;/h2-3,5-13,15H,14H2,1H3;5-8,10-11H,1-4H3;/q2*-1;/i14D2;;. The summed E-state index contributed by atoms with van der Waals surface area (Å²) in [7, 11) is 0. The van der Waals surface area contributed by atoms with E-state index in [1.807, 2.05) is 61.5 Å². The first-order valence-electron chi connectivity index (χ1n) is 15.9. The molecule has 0 spiro atoms. The van der Waals surface area contributed by atoms with Crippen LogP contribution in [0.2, 0.25) is 17.3 Å². The molecule has 7 rings (SSSR count). The van der Waals surface area contributed by atoms with Crippen LogP contribution in [0.25, 0.3) is 42.7 Å². The van der Waals surface area contributed by atoms with Crippen LogP contribution in [0.4, 0.5) is 4.39 Å². The summed E-state index contributed by atoms with van der Waals surface area (Å²) in [6.07, 6.45) is 2.04. The molecule has 3 heterocycles. The molecule has 6 heteroatoms. The van der Waals surface area contributed by atoms with Crippen molar-refractivity contribution in [2.75, 3.05) is 0 Å². The number of pyridine rings is 2. The first-order chi connectivity index (χ1) is 22.4. The first kappa shape index (κ1) is 31.1. The van der Waals surface area contributed by atoms with E-state index < -0.39 is 19.6 Å². The van der Waals surface area contributed by atoms with Crippen LogP contribution in [0.3, 0.4) is 0 Å². The molecule has 2 nitrogen and oxygen atoms in total. The molecule has 3 aromatic heterocycles. The van der Waals surface area contributed by atoms with Gasteiger partial charge in [-0.3, -0.25) is 0 Å². The van der Waals surface area contributed by atoms with E-state index in [0.717, 1.165) is 37.2 Å². The minimum Gasteiger partial charge on any atom is -0.305 e. The van der Waals surface area contributed by atoms with Gasteiger partial charge in [0.2, 0.25) is 0 Å². The maximum atomic E-state index is 14.5. The summed E-state index contributed by atoms with van der Waals surface area (Å²) < 4.78 is 35.1. The Bertz CT molecular complexity index is 2200. The topological polar surface area (TPSA) is 25.8 Å². The Morgan fingerprint density at radius 1 is 0.826 bits per heavy atom. The van der Waals surface area contributed by atoms with Crippen molar-refractivity contribution in [3.05, 3.63) is 150 Å². The van der Waals surface area contributed by atoms with Crippen LogP contribution in [0, 0.1) is 31.8 Å². The number of aryl methyl sites for hydroxylation is 2. The maximum absolute atomic E-state index is 14.5. The molecule has 0 saturated carbocycles. The zero-order valence-electron chi connectivity index (χ0n) is 28.4. The van der Waals surface area contributed by atoms with Crippen LogP contribution in [-0.2, 0) is 26.5 Å². The molecule has 0 N–H and O–H groups in total. The first-order valence-corrected chi connectivity index (χ1v) is 23.1. The molecule has 0 unspecified atom stereocenters. The zero-order valence-corrected chi connectivity index (χ0v) is 31.7. The van der Waals surface area contributed by atoms with Gasteiger partial charge in [0.15, 0.2) is 0 Å². The molecule has 1 radical (unpaired) electrons. The average molecular weight is 862 g/mol. The Morgan fingerprint density at radius 3 is 2.35 bits per heavy atom. The number of hydrogen-bond donors (Lipinski definition) is 0. The number of halogens is 1. The molecule has 7 aromatic rings. The molecule has 0 aliphatic heterocycles. The van der Waals surface area contributed by atoms with E-state index in [-0.39, 0.29) is 25.9 Å². The largest absolute Gasteiger partial charge is 0.305 e. The summed E-state index contributed by atoms with van der Waals surface area (Å²) >= 11 is -0.269. The number of aromatic nitrogens is 2. The van der Waals surface area contributed by atoms with Crippen molar-refractivity contribution in [3.63, 3.8) is 0 Å². The van der Waals surface area contributed by atoms with E-state index in [1.54, 1.807) is 30.5 Å². The van der Waals surface area contributed by atoms with Gasteiger partial charge < -0.3 is 4.98 Å². The van der Waals surface area contributed by atoms with Crippen LogP contribution >= 0.6 is 11.3 Å². The van der Waals surface area contributed by atoms with Crippen molar-refractivity contribution in [1.29, 1.82) is 0 Å². The second-order valence-corrected chi connectivity index (χ2v) is 23.8. The van der Waals surface area contributed by atoms with Gasteiger partial charge in [-0.1, -0.05) is 47.3 Å². The number of hydrogen-bond acceptors (Lipinski definition) is 3. The number of benzene rings is 4. The van der Waals surface area contributed by atoms with Crippen LogP contribution in [0.1, 0.15) is 25.0 Å². The van der Waals surface area contributed by atoms with Crippen molar-refractivity contribution in [3.8, 4) is 22.5 Å². The van der Waals surface area contributed by atoms with Gasteiger partial charge in [0.1, 0.15) is 5.82 Å². The Hall–Kier alpha value is -3.48. The summed E-state index contributed by atoms with van der Waals surface area (Å²) in [5, 5.41) is 1.44. The fourth-order valence-corrected chi connectivity index (χ4v) is 10.2. The van der Waals surface area contributed by atoms with Crippen molar-refractivity contribution >= 4 is 49.2 Å². The summed E-state index contributed by atoms with van der Waals surface area (Å²) in [6, 6.07) is 36.3. The molecule has 0 fully saturated rings. The molecule has 0 amide bonds. The van der Waals surface area contributed by atoms with Gasteiger partial charge in [0, 0.05) is 39.1 Å². The molecular formula is C40H35FGeIrN2S-2. The van der Waals surface area contributed by atoms with E-state index in [4.69, 9.17) is 2.74 Å². The van der Waals surface area contributed by atoms with Crippen LogP contribution in [0.15, 0.2) is 109 Å². The van der Waals surface area contributed by atoms with Crippen LogP contribution < -0.4 is 4.40 Å². The van der Waals surface area contributed by atoms with Crippen molar-refractivity contribution in [2.45, 2.75) is 37.5 Å². The Labute approximate surface area is 294 Å². The number of nitrogens with zero attached hydrogens (tertiary/aromatic N) is 2. The monoisotopic (exact) mass is 863 g/mol. The minimum atomic E-state index is -1.77. The van der Waals surface area contributed by atoms with E-state index in [9.17, 15) is 4.39 Å². The number of thiophene rings is 1. The molecule has 4 aromatic carbocycles. The SMILES string of the molecule is Cc1cc(-c2[c-]cccc2)nc[c]1[Ge]([CH3])([CH3])[CH3].[2H]C([2H])(c1ccc(C)cc1)c1ccnc(-c2[c-]ccc3c2sc2cccc(F)c23)c1.[Ir]. The Morgan fingerprint density at radius 2 is 1.63 bits per heavy atom. The van der Waals surface area contributed by atoms with Gasteiger partial charge in [0.25, 0.3) is 0 Å². The third-order valence-electron chi connectivity index (χ3n) is 7.67. The van der Waals surface area contributed by atoms with Gasteiger partial charge in [-0.15, -0.1) is 23.8 Å². The average Bonchev–Trinajstić information content (AvgIpc) is 3.45. The van der Waals surface area contributed by atoms with Gasteiger partial charge >= 0.3 is 106 Å². The van der Waals surface area contributed by atoms with E-state index in [2.05, 4.69) is 64.6 Å². The molecule has 0 saturated heterocycles. The molecule has 0 aliphatic rings. The van der Waals surface area contributed by atoms with Crippen molar-refractivity contribution in [2.24, 2.45) is 0 Å². The van der Waals surface area contributed by atoms with Crippen molar-refractivity contribution < 1.29 is 27.2 Å². The summed E-state index contributed by atoms with van der Waals surface area (Å²) in [5.41, 5.74) is 7.06. The minimum absolute atomic E-state index is 0. The second-order valence-electron chi connectivity index (χ2n) is 12.1. The van der Waals surface area contributed by atoms with Crippen molar-refractivity contribution in [1.82, 2.24) is 9.97 Å². The van der Waals surface area contributed by atoms with Gasteiger partial charge in [-0.2, -0.15) is 11.3 Å². The zero-order chi connectivity index (χ0) is 33.3. The van der Waals surface area contributed by atoms with Gasteiger partial charge in [-0.05, 0) is 53.0 Å². The summed E-state index contributed by atoms with van der Waals surface area (Å²) in [4.78, 5) is 9.08. The van der Waals surface area contributed by atoms with Gasteiger partial charge in [0.05, 0.1) is 0 Å². The predicted molar refractivity (Wildman–Crippen MR) is 192 cm³/mol. The quantitative estimate of drug-likeness (QED) is 0.127. The van der Waals surface area contributed by atoms with E-state index in [1.165, 1.54) is 27.4 Å². The molecule has 46 heavy (non-hydrogen) atoms. The molecule has 0 aliphatic carbocycles. The molecular weight excluding hydrogens is 824 g/mol. The smallest absolute Gasteiger partial charge is 0.130 e. The predicted octanol–water partition coefficient (Wildman–Crippen LogP) is 10.4. The summed E-state index contributed by atoms with van der Waals surface area (Å²) in [5.74, 6) is 6.96. The number of fused-ring (bicyclic) bond motifs is 3. The van der Waals surface area contributed by atoms with Crippen LogP contribution in [-0.4, -0.2) is 23.2 Å². The molecule has 233 valence electrons. The fraction of sp³-hybridized carbons (Fsp3) is 0.150. The Kier molecular flexibility index (Phi) is 9.83. The Balaban J connectivity index is 0.000000214. The maximum Gasteiger partial charge on any atom is 0.130 e. The van der Waals surface area contributed by atoms with E-state index >= 15 is 0 Å². The van der Waals surface area contributed by atoms with E-state index in [0.29, 0.717) is 22.2 Å². The summed E-state index contributed by atoms with van der Waals surface area (Å²) in [6.45, 7) is 4.17. The normalized spacial score (nSPS) is 12.1. The third kappa shape index (κ3) is 7.56. The van der Waals surface area contributed by atoms with Gasteiger partial charge in [-0.25, -0.2) is 4.39 Å². The molecule has 0 atom stereocenters. The second kappa shape index (κ2) is 14.5.